The summed E-state index contributed by atoms with van der Waals surface area (Å²) in [7, 11) is 1.14. The van der Waals surface area contributed by atoms with E-state index in [1.165, 1.54) is 0 Å². The first kappa shape index (κ1) is 39.2. The van der Waals surface area contributed by atoms with Crippen LogP contribution in [0.5, 0.6) is 63.2 Å². The predicted molar refractivity (Wildman–Crippen MR) is 225 cm³/mol. The molecule has 0 fully saturated rings. The van der Waals surface area contributed by atoms with Gasteiger partial charge in [0.05, 0.1) is 18.2 Å². The fourth-order valence-corrected chi connectivity index (χ4v) is 7.64. The van der Waals surface area contributed by atoms with Crippen molar-refractivity contribution in [2.45, 2.75) is 0 Å². The Labute approximate surface area is 349 Å². The summed E-state index contributed by atoms with van der Waals surface area (Å²) in [6.45, 7) is 0. The number of fused-ring (bicyclic) bond motifs is 3. The molecule has 0 aliphatic rings. The van der Waals surface area contributed by atoms with Gasteiger partial charge in [-0.2, -0.15) is 0 Å². The van der Waals surface area contributed by atoms with Crippen LogP contribution in [-0.2, 0) is 0 Å². The minimum Gasteiger partial charge on any atom is -0.508 e. The van der Waals surface area contributed by atoms with Crippen LogP contribution in [0.2, 0.25) is 0 Å². The van der Waals surface area contributed by atoms with Crippen molar-refractivity contribution in [1.82, 2.24) is 0 Å². The molecule has 0 unspecified atom stereocenters. The Morgan fingerprint density at radius 1 is 0.429 bits per heavy atom. The van der Waals surface area contributed by atoms with E-state index in [-0.39, 0.29) is 39.2 Å². The lowest BCUT2D eigenvalue weighted by Crippen LogP contribution is -2.04. The molecule has 3 heterocycles. The molecule has 0 saturated carbocycles. The van der Waals surface area contributed by atoms with Gasteiger partial charge >= 0.3 is 0 Å². The van der Waals surface area contributed by atoms with Gasteiger partial charge in [0.2, 0.25) is 5.75 Å². The van der Waals surface area contributed by atoms with Crippen LogP contribution < -0.4 is 21.0 Å². The van der Waals surface area contributed by atoms with Gasteiger partial charge in [0, 0.05) is 64.2 Å². The Morgan fingerprint density at radius 3 is 1.56 bits per heavy atom. The average Bonchev–Trinajstić information content (AvgIpc) is 3.23. The van der Waals surface area contributed by atoms with Crippen LogP contribution in [0.25, 0.3) is 89.1 Å². The summed E-state index contributed by atoms with van der Waals surface area (Å²) >= 11 is 0. The quantitative estimate of drug-likeness (QED) is 0.0728. The Bertz CT molecular complexity index is 3620. The number of rotatable bonds is 6. The van der Waals surface area contributed by atoms with Crippen LogP contribution in [0, 0.1) is 0 Å². The first-order valence-electron chi connectivity index (χ1n) is 18.4. The normalized spacial score (nSPS) is 11.4. The van der Waals surface area contributed by atoms with E-state index in [0.717, 1.165) is 67.8 Å². The van der Waals surface area contributed by atoms with Crippen LogP contribution in [0.15, 0.2) is 119 Å². The molecule has 0 saturated heterocycles. The minimum atomic E-state index is -1.02. The Hall–Kier alpha value is -9.25. The van der Waals surface area contributed by atoms with Crippen molar-refractivity contribution >= 4 is 32.9 Å². The number of hydrogen-bond acceptors (Lipinski definition) is 17. The SMILES string of the molecule is COc1c(O)c(-c2c(-c3cc(=O)c4c(O)c(-c5c(-c6cc(=O)c7c(O)cc(O)cc7o6)ccc(O)c5O)c(O)cc4o3)ccc(O)c2O)c(O)c2c(=O)cc(-c3ccccc3)oc12. The van der Waals surface area contributed by atoms with Crippen molar-refractivity contribution in [3.63, 3.8) is 0 Å². The van der Waals surface area contributed by atoms with E-state index < -0.39 is 124 Å². The van der Waals surface area contributed by atoms with Gasteiger partial charge in [0.1, 0.15) is 73.4 Å². The van der Waals surface area contributed by atoms with E-state index >= 15 is 0 Å². The van der Waals surface area contributed by atoms with Crippen molar-refractivity contribution in [1.29, 1.82) is 0 Å². The molecule has 9 rings (SSSR count). The minimum absolute atomic E-state index is 0.0597. The summed E-state index contributed by atoms with van der Waals surface area (Å²) < 4.78 is 23.2. The Balaban J connectivity index is 1.25. The smallest absolute Gasteiger partial charge is 0.205 e. The lowest BCUT2D eigenvalue weighted by atomic mass is 9.92. The zero-order valence-electron chi connectivity index (χ0n) is 32.0. The number of phenolic OH excluding ortho intramolecular Hbond substituents is 10. The van der Waals surface area contributed by atoms with E-state index in [2.05, 4.69) is 0 Å². The van der Waals surface area contributed by atoms with Gasteiger partial charge in [-0.25, -0.2) is 0 Å². The van der Waals surface area contributed by atoms with Crippen molar-refractivity contribution < 1.29 is 69.1 Å². The second-order valence-electron chi connectivity index (χ2n) is 14.1. The number of hydrogen-bond donors (Lipinski definition) is 10. The largest absolute Gasteiger partial charge is 0.508 e. The third-order valence-corrected chi connectivity index (χ3v) is 10.5. The molecule has 17 nitrogen and oxygen atoms in total. The molecule has 3 aromatic heterocycles. The summed E-state index contributed by atoms with van der Waals surface area (Å²) in [5.41, 5.74) is -6.26. The van der Waals surface area contributed by atoms with Gasteiger partial charge in [0.15, 0.2) is 50.6 Å². The summed E-state index contributed by atoms with van der Waals surface area (Å²) in [6, 6.07) is 18.3. The van der Waals surface area contributed by atoms with Crippen molar-refractivity contribution in [2.75, 3.05) is 7.11 Å². The summed E-state index contributed by atoms with van der Waals surface area (Å²) in [5.74, 6) is -9.38. The fourth-order valence-electron chi connectivity index (χ4n) is 7.64. The third kappa shape index (κ3) is 5.98. The van der Waals surface area contributed by atoms with Gasteiger partial charge in [-0.3, -0.25) is 14.4 Å². The first-order chi connectivity index (χ1) is 30.1. The van der Waals surface area contributed by atoms with Crippen LogP contribution in [0.3, 0.4) is 0 Å². The molecular formula is C46H28O17. The van der Waals surface area contributed by atoms with Gasteiger partial charge in [-0.15, -0.1) is 0 Å². The molecule has 0 atom stereocenters. The van der Waals surface area contributed by atoms with E-state index in [1.807, 2.05) is 0 Å². The Morgan fingerprint density at radius 2 is 0.952 bits per heavy atom. The van der Waals surface area contributed by atoms with Gasteiger partial charge in [-0.1, -0.05) is 30.3 Å². The number of aromatic hydroxyl groups is 10. The van der Waals surface area contributed by atoms with E-state index in [4.69, 9.17) is 18.0 Å². The van der Waals surface area contributed by atoms with Crippen molar-refractivity contribution in [3.05, 3.63) is 122 Å². The molecule has 0 radical (unpaired) electrons. The van der Waals surface area contributed by atoms with Gasteiger partial charge in [-0.05, 0) is 24.3 Å². The molecule has 6 aromatic carbocycles. The highest BCUT2D eigenvalue weighted by molar-refractivity contribution is 6.05. The summed E-state index contributed by atoms with van der Waals surface area (Å²) in [6.07, 6.45) is 0. The molecule has 0 spiro atoms. The molecule has 63 heavy (non-hydrogen) atoms. The average molecular weight is 853 g/mol. The number of methoxy groups -OCH3 is 1. The van der Waals surface area contributed by atoms with E-state index in [1.54, 1.807) is 30.3 Å². The van der Waals surface area contributed by atoms with Gasteiger partial charge < -0.3 is 69.1 Å². The van der Waals surface area contributed by atoms with Crippen LogP contribution in [-0.4, -0.2) is 58.2 Å². The molecule has 314 valence electrons. The standard InChI is InChI=1S/C46H28O17/c1-60-46-44(59)39(43(58)38-27(54)13-28(63-45(38)46)17-5-3-2-4-6-17)34-20(8-10-22(49)41(34)56)30-15-25(52)36-32(62-30)16-26(53)37(42(36)57)33-19(7-9-21(48)40(33)55)29-14-24(51)35-23(50)11-18(47)12-31(35)61-29/h2-16,47-50,53,55-59H,1H3. The Kier molecular flexibility index (Phi) is 8.84. The maximum Gasteiger partial charge on any atom is 0.205 e. The maximum absolute atomic E-state index is 14.0. The monoisotopic (exact) mass is 852 g/mol. The highest BCUT2D eigenvalue weighted by Gasteiger charge is 2.32. The molecular weight excluding hydrogens is 824 g/mol. The lowest BCUT2D eigenvalue weighted by molar-refractivity contribution is 0.368. The highest BCUT2D eigenvalue weighted by Crippen LogP contribution is 2.56. The molecule has 9 aromatic rings. The van der Waals surface area contributed by atoms with Gasteiger partial charge in [0.25, 0.3) is 0 Å². The molecule has 0 amide bonds. The lowest BCUT2D eigenvalue weighted by Gasteiger charge is -2.19. The first-order valence-corrected chi connectivity index (χ1v) is 18.4. The summed E-state index contributed by atoms with van der Waals surface area (Å²) in [5, 5.41) is 109. The van der Waals surface area contributed by atoms with E-state index in [0.29, 0.717) is 5.56 Å². The fraction of sp³-hybridized carbons (Fsp3) is 0.0217. The molecule has 0 aliphatic carbocycles. The molecule has 0 aliphatic heterocycles. The van der Waals surface area contributed by atoms with Crippen molar-refractivity contribution in [3.8, 4) is 119 Å². The molecule has 0 bridgehead atoms. The number of ether oxygens (including phenoxy) is 1. The second-order valence-corrected chi connectivity index (χ2v) is 14.1. The van der Waals surface area contributed by atoms with E-state index in [9.17, 15) is 65.4 Å². The number of phenols is 10. The third-order valence-electron chi connectivity index (χ3n) is 10.5. The zero-order valence-corrected chi connectivity index (χ0v) is 32.0. The van der Waals surface area contributed by atoms with Crippen molar-refractivity contribution in [2.24, 2.45) is 0 Å². The summed E-state index contributed by atoms with van der Waals surface area (Å²) in [4.78, 5) is 40.8. The second kappa shape index (κ2) is 14.2. The van der Waals surface area contributed by atoms with Crippen LogP contribution in [0.1, 0.15) is 0 Å². The molecule has 10 N–H and O–H groups in total. The molecule has 17 heteroatoms. The van der Waals surface area contributed by atoms with Crippen LogP contribution in [0.4, 0.5) is 0 Å². The topological polar surface area (TPSA) is 302 Å². The predicted octanol–water partition coefficient (Wildman–Crippen LogP) is 7.41. The van der Waals surface area contributed by atoms with Crippen LogP contribution >= 0.6 is 0 Å². The maximum atomic E-state index is 14.0. The number of benzene rings is 6. The highest BCUT2D eigenvalue weighted by atomic mass is 16.5. The zero-order chi connectivity index (χ0) is 44.8.